The lowest BCUT2D eigenvalue weighted by atomic mass is 9.90. The molecule has 138 valence electrons. The minimum absolute atomic E-state index is 0.220. The number of hydrogen-bond donors (Lipinski definition) is 2. The molecule has 0 radical (unpaired) electrons. The second kappa shape index (κ2) is 7.50. The van der Waals surface area contributed by atoms with E-state index in [-0.39, 0.29) is 12.6 Å². The van der Waals surface area contributed by atoms with Crippen molar-refractivity contribution in [1.82, 2.24) is 10.2 Å². The minimum Gasteiger partial charge on any atom is -0.481 e. The number of nitrogens with one attached hydrogen (secondary N) is 1. The summed E-state index contributed by atoms with van der Waals surface area (Å²) in [5.41, 5.74) is 2.50. The number of carbonyl (C=O) groups excluding carboxylic acids is 1. The summed E-state index contributed by atoms with van der Waals surface area (Å²) in [4.78, 5) is 25.1. The summed E-state index contributed by atoms with van der Waals surface area (Å²) in [6, 6.07) is 17.0. The molecule has 1 aliphatic heterocycles. The molecule has 2 amide bonds. The van der Waals surface area contributed by atoms with Crippen LogP contribution in [0.5, 0.6) is 0 Å². The molecule has 1 fully saturated rings. The highest BCUT2D eigenvalue weighted by molar-refractivity contribution is 5.79. The SMILES string of the molecule is CC1(C(=O)O)CCN(C(=O)NCc2ccc(-c3ccccc3C#N)cc2)C1. The summed E-state index contributed by atoms with van der Waals surface area (Å²) in [5.74, 6) is -0.869. The van der Waals surface area contributed by atoms with Crippen LogP contribution < -0.4 is 5.32 Å². The summed E-state index contributed by atoms with van der Waals surface area (Å²) < 4.78 is 0. The van der Waals surface area contributed by atoms with Gasteiger partial charge < -0.3 is 15.3 Å². The summed E-state index contributed by atoms with van der Waals surface area (Å²) >= 11 is 0. The van der Waals surface area contributed by atoms with Crippen LogP contribution in [0.2, 0.25) is 0 Å². The van der Waals surface area contributed by atoms with E-state index in [1.165, 1.54) is 0 Å². The molecule has 0 saturated carbocycles. The Morgan fingerprint density at radius 2 is 1.93 bits per heavy atom. The number of amides is 2. The first-order valence-electron chi connectivity index (χ1n) is 8.77. The van der Waals surface area contributed by atoms with Crippen molar-refractivity contribution in [3.8, 4) is 17.2 Å². The molecular formula is C21H21N3O3. The molecule has 6 nitrogen and oxygen atoms in total. The average Bonchev–Trinajstić information content (AvgIpc) is 3.10. The highest BCUT2D eigenvalue weighted by atomic mass is 16.4. The molecule has 1 aliphatic rings. The van der Waals surface area contributed by atoms with Crippen LogP contribution >= 0.6 is 0 Å². The summed E-state index contributed by atoms with van der Waals surface area (Å²) in [6.45, 7) is 2.69. The Morgan fingerprint density at radius 3 is 2.56 bits per heavy atom. The fourth-order valence-corrected chi connectivity index (χ4v) is 3.23. The summed E-state index contributed by atoms with van der Waals surface area (Å²) in [6.07, 6.45) is 0.461. The summed E-state index contributed by atoms with van der Waals surface area (Å²) in [7, 11) is 0. The van der Waals surface area contributed by atoms with E-state index in [0.29, 0.717) is 25.1 Å². The molecule has 1 unspecified atom stereocenters. The van der Waals surface area contributed by atoms with Gasteiger partial charge in [-0.05, 0) is 36.1 Å². The molecule has 27 heavy (non-hydrogen) atoms. The molecule has 2 aromatic carbocycles. The molecule has 0 bridgehead atoms. The van der Waals surface area contributed by atoms with E-state index in [4.69, 9.17) is 0 Å². The molecule has 0 aromatic heterocycles. The van der Waals surface area contributed by atoms with Gasteiger partial charge in [0.2, 0.25) is 0 Å². The van der Waals surface area contributed by atoms with Gasteiger partial charge in [0.1, 0.15) is 0 Å². The Morgan fingerprint density at radius 1 is 1.22 bits per heavy atom. The maximum atomic E-state index is 12.3. The van der Waals surface area contributed by atoms with Gasteiger partial charge in [-0.25, -0.2) is 4.79 Å². The number of carboxylic acid groups (broad SMARTS) is 1. The van der Waals surface area contributed by atoms with Gasteiger partial charge in [0.05, 0.1) is 17.0 Å². The molecule has 0 spiro atoms. The van der Waals surface area contributed by atoms with E-state index >= 15 is 0 Å². The van der Waals surface area contributed by atoms with Gasteiger partial charge in [-0.1, -0.05) is 42.5 Å². The first-order valence-corrected chi connectivity index (χ1v) is 8.77. The lowest BCUT2D eigenvalue weighted by Crippen LogP contribution is -2.40. The Labute approximate surface area is 158 Å². The van der Waals surface area contributed by atoms with Crippen molar-refractivity contribution in [3.63, 3.8) is 0 Å². The van der Waals surface area contributed by atoms with Crippen molar-refractivity contribution in [2.75, 3.05) is 13.1 Å². The van der Waals surface area contributed by atoms with Crippen LogP contribution in [0.4, 0.5) is 4.79 Å². The van der Waals surface area contributed by atoms with E-state index in [0.717, 1.165) is 16.7 Å². The van der Waals surface area contributed by atoms with Crippen molar-refractivity contribution in [1.29, 1.82) is 5.26 Å². The number of nitriles is 1. The Balaban J connectivity index is 1.60. The monoisotopic (exact) mass is 363 g/mol. The Kier molecular flexibility index (Phi) is 5.13. The first-order chi connectivity index (χ1) is 12.9. The zero-order valence-electron chi connectivity index (χ0n) is 15.1. The number of carboxylic acids is 1. The summed E-state index contributed by atoms with van der Waals surface area (Å²) in [5, 5.41) is 21.3. The van der Waals surface area contributed by atoms with Crippen molar-refractivity contribution >= 4 is 12.0 Å². The van der Waals surface area contributed by atoms with Crippen LogP contribution in [0.1, 0.15) is 24.5 Å². The molecule has 0 aliphatic carbocycles. The van der Waals surface area contributed by atoms with Gasteiger partial charge in [0.15, 0.2) is 0 Å². The third kappa shape index (κ3) is 3.93. The fraction of sp³-hybridized carbons (Fsp3) is 0.286. The first kappa shape index (κ1) is 18.5. The maximum Gasteiger partial charge on any atom is 0.317 e. The molecule has 2 N–H and O–H groups in total. The highest BCUT2D eigenvalue weighted by Crippen LogP contribution is 2.30. The lowest BCUT2D eigenvalue weighted by Gasteiger charge is -2.20. The van der Waals surface area contributed by atoms with Crippen LogP contribution in [-0.2, 0) is 11.3 Å². The van der Waals surface area contributed by atoms with E-state index in [1.54, 1.807) is 17.9 Å². The molecule has 1 saturated heterocycles. The standard InChI is InChI=1S/C21H21N3O3/c1-21(19(25)26)10-11-24(14-21)20(27)23-13-15-6-8-16(9-7-15)18-5-3-2-4-17(18)12-22/h2-9H,10-11,13-14H2,1H3,(H,23,27)(H,25,26). The number of nitrogens with zero attached hydrogens (tertiary/aromatic N) is 2. The van der Waals surface area contributed by atoms with Crippen molar-refractivity contribution in [2.24, 2.45) is 5.41 Å². The topological polar surface area (TPSA) is 93.4 Å². The number of urea groups is 1. The van der Waals surface area contributed by atoms with Gasteiger partial charge in [-0.2, -0.15) is 5.26 Å². The van der Waals surface area contributed by atoms with Crippen molar-refractivity contribution in [3.05, 3.63) is 59.7 Å². The number of aliphatic carboxylic acids is 1. The average molecular weight is 363 g/mol. The number of carbonyl (C=O) groups is 2. The number of benzene rings is 2. The zero-order chi connectivity index (χ0) is 19.4. The van der Waals surface area contributed by atoms with Crippen LogP contribution in [0.3, 0.4) is 0 Å². The van der Waals surface area contributed by atoms with Gasteiger partial charge >= 0.3 is 12.0 Å². The van der Waals surface area contributed by atoms with E-state index in [9.17, 15) is 20.0 Å². The second-order valence-electron chi connectivity index (χ2n) is 7.05. The smallest absolute Gasteiger partial charge is 0.317 e. The van der Waals surface area contributed by atoms with E-state index in [2.05, 4.69) is 11.4 Å². The third-order valence-corrected chi connectivity index (χ3v) is 5.03. The van der Waals surface area contributed by atoms with E-state index in [1.807, 2.05) is 42.5 Å². The number of likely N-dealkylation sites (tertiary alicyclic amines) is 1. The predicted molar refractivity (Wildman–Crippen MR) is 101 cm³/mol. The largest absolute Gasteiger partial charge is 0.481 e. The van der Waals surface area contributed by atoms with Crippen LogP contribution in [0.15, 0.2) is 48.5 Å². The quantitative estimate of drug-likeness (QED) is 0.872. The normalized spacial score (nSPS) is 18.7. The molecule has 3 rings (SSSR count). The predicted octanol–water partition coefficient (Wildman–Crippen LogP) is 3.23. The second-order valence-corrected chi connectivity index (χ2v) is 7.05. The van der Waals surface area contributed by atoms with Gasteiger partial charge in [-0.3, -0.25) is 4.79 Å². The molecule has 2 aromatic rings. The fourth-order valence-electron chi connectivity index (χ4n) is 3.23. The van der Waals surface area contributed by atoms with Gasteiger partial charge in [0.25, 0.3) is 0 Å². The van der Waals surface area contributed by atoms with E-state index < -0.39 is 11.4 Å². The van der Waals surface area contributed by atoms with Crippen LogP contribution in [0, 0.1) is 16.7 Å². The highest BCUT2D eigenvalue weighted by Gasteiger charge is 2.42. The minimum atomic E-state index is -0.869. The van der Waals surface area contributed by atoms with Crippen LogP contribution in [-0.4, -0.2) is 35.1 Å². The lowest BCUT2D eigenvalue weighted by molar-refractivity contribution is -0.147. The van der Waals surface area contributed by atoms with Crippen molar-refractivity contribution < 1.29 is 14.7 Å². The van der Waals surface area contributed by atoms with Crippen molar-refractivity contribution in [2.45, 2.75) is 19.9 Å². The number of rotatable bonds is 4. The van der Waals surface area contributed by atoms with Gasteiger partial charge in [0, 0.05) is 19.6 Å². The number of hydrogen-bond acceptors (Lipinski definition) is 3. The van der Waals surface area contributed by atoms with Crippen LogP contribution in [0.25, 0.3) is 11.1 Å². The molecule has 1 heterocycles. The zero-order valence-corrected chi connectivity index (χ0v) is 15.1. The van der Waals surface area contributed by atoms with Gasteiger partial charge in [-0.15, -0.1) is 0 Å². The maximum absolute atomic E-state index is 12.3. The molecular weight excluding hydrogens is 342 g/mol. The Hall–Kier alpha value is -3.33. The third-order valence-electron chi connectivity index (χ3n) is 5.03. The molecule has 6 heteroatoms. The molecule has 1 atom stereocenters. The Bertz CT molecular complexity index is 902.